The first-order chi connectivity index (χ1) is 10.9. The minimum absolute atomic E-state index is 0.0226. The van der Waals surface area contributed by atoms with Crippen LogP contribution in [0, 0.1) is 5.41 Å². The largest absolute Gasteiger partial charge is 0.447 e. The Morgan fingerprint density at radius 1 is 1.09 bits per heavy atom. The van der Waals surface area contributed by atoms with Gasteiger partial charge >= 0.3 is 0 Å². The fourth-order valence-corrected chi connectivity index (χ4v) is 4.40. The van der Waals surface area contributed by atoms with Gasteiger partial charge < -0.3 is 4.42 Å². The zero-order valence-corrected chi connectivity index (χ0v) is 13.8. The summed E-state index contributed by atoms with van der Waals surface area (Å²) in [5.41, 5.74) is 3.73. The summed E-state index contributed by atoms with van der Waals surface area (Å²) in [6.07, 6.45) is 3.79. The van der Waals surface area contributed by atoms with E-state index >= 15 is 0 Å². The molecule has 0 bridgehead atoms. The zero-order valence-electron chi connectivity index (χ0n) is 13.8. The van der Waals surface area contributed by atoms with Crippen molar-refractivity contribution in [3.63, 3.8) is 0 Å². The van der Waals surface area contributed by atoms with Gasteiger partial charge in [-0.2, -0.15) is 0 Å². The van der Waals surface area contributed by atoms with E-state index in [9.17, 15) is 4.79 Å². The summed E-state index contributed by atoms with van der Waals surface area (Å²) in [5, 5.41) is 0. The monoisotopic (exact) mass is 307 g/mol. The van der Waals surface area contributed by atoms with Gasteiger partial charge in [0.2, 0.25) is 0 Å². The first-order valence-corrected chi connectivity index (χ1v) is 8.16. The maximum absolute atomic E-state index is 13.0. The normalized spacial score (nSPS) is 26.0. The maximum atomic E-state index is 13.0. The van der Waals surface area contributed by atoms with Crippen LogP contribution in [0.15, 0.2) is 52.3 Å². The number of carbonyl (C=O) groups excluding carboxylic acids is 1. The smallest absolute Gasteiger partial charge is 0.181 e. The molecule has 0 radical (unpaired) electrons. The maximum Gasteiger partial charge on any atom is 0.181 e. The van der Waals surface area contributed by atoms with E-state index in [0.29, 0.717) is 6.42 Å². The van der Waals surface area contributed by atoms with E-state index in [4.69, 9.17) is 4.42 Å². The SMILES string of the molecule is CC1(C)CC(=O)C2=C(Cc3ncoc3C2(C)c2ccccc2)C1. The van der Waals surface area contributed by atoms with Gasteiger partial charge in [0.05, 0.1) is 11.1 Å². The molecule has 1 aromatic heterocycles. The number of nitrogens with zero attached hydrogens (tertiary/aromatic N) is 1. The number of hydrogen-bond acceptors (Lipinski definition) is 3. The third-order valence-electron chi connectivity index (χ3n) is 5.29. The second-order valence-electron chi connectivity index (χ2n) is 7.72. The van der Waals surface area contributed by atoms with Gasteiger partial charge in [-0.1, -0.05) is 49.8 Å². The second-order valence-corrected chi connectivity index (χ2v) is 7.72. The van der Waals surface area contributed by atoms with E-state index in [1.54, 1.807) is 0 Å². The number of rotatable bonds is 1. The standard InChI is InChI=1S/C20H21NO2/c1-19(2)10-13-9-15-18(23-12-21-15)20(3,17(13)16(22)11-19)14-7-5-4-6-8-14/h4-8,12H,9-11H2,1-3H3. The molecule has 0 saturated heterocycles. The molecule has 0 amide bonds. The molecule has 0 spiro atoms. The molecule has 1 atom stereocenters. The molecule has 3 heteroatoms. The van der Waals surface area contributed by atoms with Crippen molar-refractivity contribution in [1.82, 2.24) is 4.98 Å². The molecule has 1 aromatic carbocycles. The molecule has 2 aliphatic carbocycles. The summed E-state index contributed by atoms with van der Waals surface area (Å²) >= 11 is 0. The Hall–Kier alpha value is -2.16. The van der Waals surface area contributed by atoms with Crippen LogP contribution in [-0.4, -0.2) is 10.8 Å². The van der Waals surface area contributed by atoms with E-state index in [0.717, 1.165) is 35.4 Å². The molecule has 0 aliphatic heterocycles. The average Bonchev–Trinajstić information content (AvgIpc) is 2.95. The van der Waals surface area contributed by atoms with Crippen molar-refractivity contribution in [3.05, 3.63) is 64.9 Å². The van der Waals surface area contributed by atoms with Crippen LogP contribution in [0.4, 0.5) is 0 Å². The highest BCUT2D eigenvalue weighted by Gasteiger charge is 2.49. The number of aromatic nitrogens is 1. The van der Waals surface area contributed by atoms with Crippen LogP contribution in [0.2, 0.25) is 0 Å². The molecule has 118 valence electrons. The van der Waals surface area contributed by atoms with Crippen LogP contribution < -0.4 is 0 Å². The molecular weight excluding hydrogens is 286 g/mol. The van der Waals surface area contributed by atoms with Crippen molar-refractivity contribution < 1.29 is 9.21 Å². The Bertz CT molecular complexity index is 813. The van der Waals surface area contributed by atoms with Crippen LogP contribution in [0.3, 0.4) is 0 Å². The van der Waals surface area contributed by atoms with Crippen molar-refractivity contribution >= 4 is 5.78 Å². The highest BCUT2D eigenvalue weighted by molar-refractivity contribution is 6.01. The third kappa shape index (κ3) is 2.03. The topological polar surface area (TPSA) is 43.1 Å². The van der Waals surface area contributed by atoms with E-state index in [2.05, 4.69) is 37.9 Å². The van der Waals surface area contributed by atoms with Gasteiger partial charge in [-0.15, -0.1) is 0 Å². The number of benzene rings is 1. The first kappa shape index (κ1) is 14.4. The molecule has 1 heterocycles. The van der Waals surface area contributed by atoms with Crippen molar-refractivity contribution in [2.45, 2.75) is 45.4 Å². The van der Waals surface area contributed by atoms with E-state index in [1.807, 2.05) is 18.2 Å². The van der Waals surface area contributed by atoms with Gasteiger partial charge in [-0.25, -0.2) is 4.98 Å². The van der Waals surface area contributed by atoms with E-state index in [1.165, 1.54) is 12.0 Å². The molecule has 2 aliphatic rings. The van der Waals surface area contributed by atoms with Crippen LogP contribution >= 0.6 is 0 Å². The molecule has 0 saturated carbocycles. The highest BCUT2D eigenvalue weighted by Crippen LogP contribution is 2.51. The number of oxazole rings is 1. The van der Waals surface area contributed by atoms with Crippen molar-refractivity contribution in [2.24, 2.45) is 5.41 Å². The molecular formula is C20H21NO2. The van der Waals surface area contributed by atoms with Crippen LogP contribution in [0.25, 0.3) is 0 Å². The number of carbonyl (C=O) groups is 1. The molecule has 3 nitrogen and oxygen atoms in total. The molecule has 23 heavy (non-hydrogen) atoms. The Kier molecular flexibility index (Phi) is 2.93. The Balaban J connectivity index is 1.99. The lowest BCUT2D eigenvalue weighted by Crippen LogP contribution is -2.40. The number of hydrogen-bond donors (Lipinski definition) is 0. The van der Waals surface area contributed by atoms with Gasteiger partial charge in [0, 0.05) is 18.4 Å². The lowest BCUT2D eigenvalue weighted by molar-refractivity contribution is -0.118. The minimum atomic E-state index is -0.533. The zero-order chi connectivity index (χ0) is 16.2. The summed E-state index contributed by atoms with van der Waals surface area (Å²) in [6, 6.07) is 10.2. The van der Waals surface area contributed by atoms with Gasteiger partial charge in [0.25, 0.3) is 0 Å². The van der Waals surface area contributed by atoms with Crippen LogP contribution in [0.5, 0.6) is 0 Å². The Morgan fingerprint density at radius 2 is 1.83 bits per heavy atom. The summed E-state index contributed by atoms with van der Waals surface area (Å²) in [7, 11) is 0. The summed E-state index contributed by atoms with van der Waals surface area (Å²) in [6.45, 7) is 6.46. The molecule has 0 N–H and O–H groups in total. The Labute approximate surface area is 136 Å². The quantitative estimate of drug-likeness (QED) is 0.792. The van der Waals surface area contributed by atoms with Gasteiger partial charge in [0.1, 0.15) is 5.76 Å². The predicted molar refractivity (Wildman–Crippen MR) is 88.2 cm³/mol. The van der Waals surface area contributed by atoms with E-state index < -0.39 is 5.41 Å². The van der Waals surface area contributed by atoms with Crippen molar-refractivity contribution in [3.8, 4) is 0 Å². The van der Waals surface area contributed by atoms with E-state index in [-0.39, 0.29) is 11.2 Å². The highest BCUT2D eigenvalue weighted by atomic mass is 16.3. The fourth-order valence-electron chi connectivity index (χ4n) is 4.40. The summed E-state index contributed by atoms with van der Waals surface area (Å²) in [4.78, 5) is 17.5. The van der Waals surface area contributed by atoms with Gasteiger partial charge in [-0.05, 0) is 24.3 Å². The number of Topliss-reactive ketones (excluding diaryl/α,β-unsaturated/α-hetero) is 1. The van der Waals surface area contributed by atoms with Gasteiger partial charge in [0.15, 0.2) is 12.2 Å². The molecule has 2 aromatic rings. The second kappa shape index (κ2) is 4.67. The first-order valence-electron chi connectivity index (χ1n) is 8.16. The average molecular weight is 307 g/mol. The predicted octanol–water partition coefficient (Wildman–Crippen LogP) is 4.22. The number of allylic oxidation sites excluding steroid dienone is 2. The third-order valence-corrected chi connectivity index (χ3v) is 5.29. The number of ketones is 1. The lowest BCUT2D eigenvalue weighted by Gasteiger charge is -2.42. The minimum Gasteiger partial charge on any atom is -0.447 e. The Morgan fingerprint density at radius 3 is 2.57 bits per heavy atom. The molecule has 0 fully saturated rings. The summed E-state index contributed by atoms with van der Waals surface area (Å²) < 4.78 is 5.78. The van der Waals surface area contributed by atoms with Crippen LogP contribution in [-0.2, 0) is 16.6 Å². The van der Waals surface area contributed by atoms with Crippen molar-refractivity contribution in [2.75, 3.05) is 0 Å². The fraction of sp³-hybridized carbons (Fsp3) is 0.400. The van der Waals surface area contributed by atoms with Crippen LogP contribution in [0.1, 0.15) is 50.6 Å². The van der Waals surface area contributed by atoms with Crippen molar-refractivity contribution in [1.29, 1.82) is 0 Å². The lowest BCUT2D eigenvalue weighted by atomic mass is 9.60. The molecule has 1 unspecified atom stereocenters. The summed E-state index contributed by atoms with van der Waals surface area (Å²) in [5.74, 6) is 1.08. The number of fused-ring (bicyclic) bond motifs is 1. The van der Waals surface area contributed by atoms with Gasteiger partial charge in [-0.3, -0.25) is 4.79 Å². The molecule has 4 rings (SSSR count).